The van der Waals surface area contributed by atoms with E-state index in [-0.39, 0.29) is 22.8 Å². The molecule has 28 heavy (non-hydrogen) atoms. The van der Waals surface area contributed by atoms with Crippen molar-refractivity contribution in [2.24, 2.45) is 5.92 Å². The van der Waals surface area contributed by atoms with Crippen molar-refractivity contribution in [1.29, 1.82) is 0 Å². The maximum absolute atomic E-state index is 13.0. The summed E-state index contributed by atoms with van der Waals surface area (Å²) in [6.45, 7) is 1.15. The van der Waals surface area contributed by atoms with Crippen LogP contribution in [0, 0.1) is 5.92 Å². The monoisotopic (exact) mass is 388 g/mol. The molecule has 5 nitrogen and oxygen atoms in total. The van der Waals surface area contributed by atoms with E-state index in [9.17, 15) is 22.8 Å². The average Bonchev–Trinajstić information content (AvgIpc) is 2.97. The van der Waals surface area contributed by atoms with Gasteiger partial charge in [0.05, 0.1) is 17.0 Å². The number of carbonyl (C=O) groups excluding carboxylic acids is 2. The van der Waals surface area contributed by atoms with Gasteiger partial charge in [-0.3, -0.25) is 9.59 Å². The zero-order valence-electron chi connectivity index (χ0n) is 14.5. The van der Waals surface area contributed by atoms with E-state index >= 15 is 0 Å². The number of fused-ring (bicyclic) bond motifs is 1. The highest BCUT2D eigenvalue weighted by Gasteiger charge is 2.31. The molecule has 0 atom stereocenters. The average molecular weight is 388 g/mol. The van der Waals surface area contributed by atoms with E-state index in [0.29, 0.717) is 36.3 Å². The molecule has 1 N–H and O–H groups in total. The van der Waals surface area contributed by atoms with Gasteiger partial charge in [0.15, 0.2) is 6.29 Å². The first kappa shape index (κ1) is 18.2. The van der Waals surface area contributed by atoms with Gasteiger partial charge in [-0.1, -0.05) is 6.07 Å². The van der Waals surface area contributed by atoms with Crippen molar-refractivity contribution in [2.75, 3.05) is 13.1 Å². The molecule has 2 heterocycles. The van der Waals surface area contributed by atoms with E-state index in [1.807, 2.05) is 0 Å². The molecule has 2 aromatic carbocycles. The molecule has 1 aliphatic rings. The van der Waals surface area contributed by atoms with Gasteiger partial charge in [0.2, 0.25) is 0 Å². The lowest BCUT2D eigenvalue weighted by Crippen LogP contribution is -2.48. The van der Waals surface area contributed by atoms with Crippen molar-refractivity contribution in [2.45, 2.75) is 6.18 Å². The second kappa shape index (κ2) is 6.79. The Kier molecular flexibility index (Phi) is 4.43. The maximum Gasteiger partial charge on any atom is 0.416 e. The van der Waals surface area contributed by atoms with Gasteiger partial charge in [-0.25, -0.2) is 0 Å². The summed E-state index contributed by atoms with van der Waals surface area (Å²) in [5.74, 6) is -0.189. The Labute approximate surface area is 157 Å². The molecule has 0 spiro atoms. The van der Waals surface area contributed by atoms with E-state index in [1.165, 1.54) is 12.3 Å². The fraction of sp³-hybridized carbons (Fsp3) is 0.200. The maximum atomic E-state index is 13.0. The predicted octanol–water partition coefficient (Wildman–Crippen LogP) is 3.59. The van der Waals surface area contributed by atoms with Gasteiger partial charge in [0.1, 0.15) is 5.75 Å². The van der Waals surface area contributed by atoms with E-state index in [1.54, 1.807) is 28.8 Å². The Morgan fingerprint density at radius 2 is 1.96 bits per heavy atom. The van der Waals surface area contributed by atoms with Crippen LogP contribution < -0.4 is 10.1 Å². The van der Waals surface area contributed by atoms with Crippen LogP contribution in [0.4, 0.5) is 13.2 Å². The number of aldehydes is 1. The van der Waals surface area contributed by atoms with Crippen molar-refractivity contribution in [3.63, 3.8) is 0 Å². The SMILES string of the molecule is O=Cc1cn(-c2cccc(OC(=O)C3CNC3)c2)c2ccc(C(F)(F)F)cc12. The van der Waals surface area contributed by atoms with Crippen LogP contribution in [-0.2, 0) is 11.0 Å². The number of hydrogen-bond donors (Lipinski definition) is 1. The minimum absolute atomic E-state index is 0.143. The number of nitrogens with zero attached hydrogens (tertiary/aromatic N) is 1. The Bertz CT molecular complexity index is 1070. The molecule has 1 aliphatic heterocycles. The fourth-order valence-corrected chi connectivity index (χ4v) is 3.09. The van der Waals surface area contributed by atoms with Crippen LogP contribution in [0.15, 0.2) is 48.7 Å². The summed E-state index contributed by atoms with van der Waals surface area (Å²) in [4.78, 5) is 23.4. The van der Waals surface area contributed by atoms with Gasteiger partial charge < -0.3 is 14.6 Å². The summed E-state index contributed by atoms with van der Waals surface area (Å²) >= 11 is 0. The number of hydrogen-bond acceptors (Lipinski definition) is 4. The van der Waals surface area contributed by atoms with Crippen molar-refractivity contribution in [3.05, 3.63) is 59.8 Å². The minimum atomic E-state index is -4.50. The number of benzene rings is 2. The lowest BCUT2D eigenvalue weighted by molar-refractivity contribution is -0.140. The summed E-state index contributed by atoms with van der Waals surface area (Å²) < 4.78 is 46.0. The summed E-state index contributed by atoms with van der Waals surface area (Å²) in [5, 5.41) is 3.19. The number of aromatic nitrogens is 1. The molecule has 1 saturated heterocycles. The van der Waals surface area contributed by atoms with Crippen LogP contribution in [0.1, 0.15) is 15.9 Å². The Morgan fingerprint density at radius 1 is 1.18 bits per heavy atom. The molecular weight excluding hydrogens is 373 g/mol. The Balaban J connectivity index is 1.73. The van der Waals surface area contributed by atoms with Crippen LogP contribution in [-0.4, -0.2) is 29.9 Å². The molecule has 144 valence electrons. The fourth-order valence-electron chi connectivity index (χ4n) is 3.09. The summed E-state index contributed by atoms with van der Waals surface area (Å²) in [7, 11) is 0. The first-order valence-electron chi connectivity index (χ1n) is 8.57. The first-order valence-corrected chi connectivity index (χ1v) is 8.57. The largest absolute Gasteiger partial charge is 0.426 e. The quantitative estimate of drug-likeness (QED) is 0.422. The highest BCUT2D eigenvalue weighted by Crippen LogP contribution is 2.34. The molecule has 4 rings (SSSR count). The van der Waals surface area contributed by atoms with Gasteiger partial charge in [-0.2, -0.15) is 13.2 Å². The molecule has 0 aliphatic carbocycles. The van der Waals surface area contributed by atoms with Gasteiger partial charge in [-0.05, 0) is 30.3 Å². The van der Waals surface area contributed by atoms with Crippen molar-refractivity contribution in [1.82, 2.24) is 9.88 Å². The molecular formula is C20H15F3N2O3. The van der Waals surface area contributed by atoms with Crippen molar-refractivity contribution >= 4 is 23.2 Å². The van der Waals surface area contributed by atoms with E-state index in [2.05, 4.69) is 5.32 Å². The molecule has 0 saturated carbocycles. The lowest BCUT2D eigenvalue weighted by Gasteiger charge is -2.24. The van der Waals surface area contributed by atoms with E-state index < -0.39 is 11.7 Å². The summed E-state index contributed by atoms with van der Waals surface area (Å²) in [6.07, 6.45) is -2.51. The van der Waals surface area contributed by atoms with Gasteiger partial charge in [0.25, 0.3) is 0 Å². The van der Waals surface area contributed by atoms with Crippen molar-refractivity contribution in [3.8, 4) is 11.4 Å². The van der Waals surface area contributed by atoms with Crippen LogP contribution in [0.2, 0.25) is 0 Å². The zero-order chi connectivity index (χ0) is 19.9. The second-order valence-electron chi connectivity index (χ2n) is 6.58. The highest BCUT2D eigenvalue weighted by molar-refractivity contribution is 5.98. The normalized spacial score (nSPS) is 14.7. The van der Waals surface area contributed by atoms with Crippen LogP contribution >= 0.6 is 0 Å². The number of rotatable bonds is 4. The summed E-state index contributed by atoms with van der Waals surface area (Å²) in [5.41, 5.74) is 0.332. The summed E-state index contributed by atoms with van der Waals surface area (Å²) in [6, 6.07) is 9.88. The van der Waals surface area contributed by atoms with Crippen LogP contribution in [0.3, 0.4) is 0 Å². The van der Waals surface area contributed by atoms with E-state index in [0.717, 1.165) is 12.1 Å². The van der Waals surface area contributed by atoms with Gasteiger partial charge in [0, 0.05) is 42.0 Å². The standard InChI is InChI=1S/C20H15F3N2O3/c21-20(22,23)14-4-5-18-17(6-14)13(11-26)10-25(18)15-2-1-3-16(7-15)28-19(27)12-8-24-9-12/h1-7,10-12,24H,8-9H2. The third-order valence-electron chi connectivity index (χ3n) is 4.72. The van der Waals surface area contributed by atoms with Crippen LogP contribution in [0.5, 0.6) is 5.75 Å². The number of alkyl halides is 3. The third-order valence-corrected chi connectivity index (χ3v) is 4.72. The smallest absolute Gasteiger partial charge is 0.416 e. The molecule has 8 heteroatoms. The molecule has 3 aromatic rings. The number of halogens is 3. The molecule has 0 unspecified atom stereocenters. The Hall–Kier alpha value is -3.13. The topological polar surface area (TPSA) is 60.3 Å². The number of nitrogens with one attached hydrogen (secondary N) is 1. The number of carbonyl (C=O) groups is 2. The first-order chi connectivity index (χ1) is 13.4. The minimum Gasteiger partial charge on any atom is -0.426 e. The molecule has 1 aromatic heterocycles. The molecule has 0 radical (unpaired) electrons. The highest BCUT2D eigenvalue weighted by atomic mass is 19.4. The predicted molar refractivity (Wildman–Crippen MR) is 95.7 cm³/mol. The molecule has 1 fully saturated rings. The van der Waals surface area contributed by atoms with Crippen molar-refractivity contribution < 1.29 is 27.5 Å². The zero-order valence-corrected chi connectivity index (χ0v) is 14.5. The van der Waals surface area contributed by atoms with Gasteiger partial charge >= 0.3 is 12.1 Å². The van der Waals surface area contributed by atoms with Crippen LogP contribution in [0.25, 0.3) is 16.6 Å². The lowest BCUT2D eigenvalue weighted by atomic mass is 10.0. The number of ether oxygens (including phenoxy) is 1. The molecule has 0 bridgehead atoms. The van der Waals surface area contributed by atoms with E-state index in [4.69, 9.17) is 4.74 Å². The third kappa shape index (κ3) is 3.27. The molecule has 0 amide bonds. The van der Waals surface area contributed by atoms with Gasteiger partial charge in [-0.15, -0.1) is 0 Å². The Morgan fingerprint density at radius 3 is 2.61 bits per heavy atom. The second-order valence-corrected chi connectivity index (χ2v) is 6.58. The number of esters is 1.